The highest BCUT2D eigenvalue weighted by molar-refractivity contribution is 5.80. The molecule has 1 aliphatic carbocycles. The van der Waals surface area contributed by atoms with E-state index in [1.165, 1.54) is 19.3 Å². The van der Waals surface area contributed by atoms with E-state index in [9.17, 15) is 9.59 Å². The van der Waals surface area contributed by atoms with Gasteiger partial charge in [-0.15, -0.1) is 0 Å². The summed E-state index contributed by atoms with van der Waals surface area (Å²) in [4.78, 5) is 28.5. The largest absolute Gasteiger partial charge is 0.484 e. The predicted octanol–water partition coefficient (Wildman–Crippen LogP) is 2.32. The maximum atomic E-state index is 12.5. The molecule has 1 aliphatic heterocycles. The number of piperazine rings is 1. The average Bonchev–Trinajstić information content (AvgIpc) is 2.67. The molecule has 1 saturated heterocycles. The summed E-state index contributed by atoms with van der Waals surface area (Å²) >= 11 is 0. The second kappa shape index (κ2) is 8.18. The molecule has 2 aliphatic rings. The van der Waals surface area contributed by atoms with Crippen LogP contribution in [-0.4, -0.2) is 54.4 Å². The van der Waals surface area contributed by atoms with Gasteiger partial charge in [-0.3, -0.25) is 9.59 Å². The maximum absolute atomic E-state index is 12.5. The van der Waals surface area contributed by atoms with Crippen molar-refractivity contribution in [3.05, 3.63) is 30.3 Å². The first kappa shape index (κ1) is 16.8. The molecule has 0 aromatic heterocycles. The van der Waals surface area contributed by atoms with E-state index >= 15 is 0 Å². The first-order valence-corrected chi connectivity index (χ1v) is 8.98. The molecule has 0 radical (unpaired) electrons. The van der Waals surface area contributed by atoms with Crippen molar-refractivity contribution in [3.8, 4) is 5.75 Å². The standard InChI is InChI=1S/C19H26N2O3/c22-18(15-24-17-9-5-2-6-10-17)20-11-13-21(14-12-20)19(23)16-7-3-1-4-8-16/h2,5-6,9-10,16H,1,3-4,7-8,11-15H2. The molecule has 1 aromatic carbocycles. The van der Waals surface area contributed by atoms with E-state index in [0.29, 0.717) is 37.8 Å². The molecule has 1 aromatic rings. The molecule has 0 unspecified atom stereocenters. The second-order valence-corrected chi connectivity index (χ2v) is 6.64. The minimum Gasteiger partial charge on any atom is -0.484 e. The molecule has 1 saturated carbocycles. The van der Waals surface area contributed by atoms with Gasteiger partial charge in [0.2, 0.25) is 5.91 Å². The van der Waals surface area contributed by atoms with E-state index in [0.717, 1.165) is 12.8 Å². The summed E-state index contributed by atoms with van der Waals surface area (Å²) in [5.41, 5.74) is 0. The van der Waals surface area contributed by atoms with E-state index in [4.69, 9.17) is 4.74 Å². The van der Waals surface area contributed by atoms with Crippen LogP contribution in [-0.2, 0) is 9.59 Å². The van der Waals surface area contributed by atoms with E-state index in [2.05, 4.69) is 0 Å². The Kier molecular flexibility index (Phi) is 5.72. The summed E-state index contributed by atoms with van der Waals surface area (Å²) in [7, 11) is 0. The number of para-hydroxylation sites is 1. The summed E-state index contributed by atoms with van der Waals surface area (Å²) in [6.45, 7) is 2.56. The van der Waals surface area contributed by atoms with Gasteiger partial charge in [0.1, 0.15) is 5.75 Å². The van der Waals surface area contributed by atoms with Crippen LogP contribution in [0, 0.1) is 5.92 Å². The fraction of sp³-hybridized carbons (Fsp3) is 0.579. The Morgan fingerprint density at radius 2 is 1.54 bits per heavy atom. The predicted molar refractivity (Wildman–Crippen MR) is 91.7 cm³/mol. The Labute approximate surface area is 143 Å². The first-order chi connectivity index (χ1) is 11.7. The Hall–Kier alpha value is -2.04. The van der Waals surface area contributed by atoms with Gasteiger partial charge in [-0.2, -0.15) is 0 Å². The van der Waals surface area contributed by atoms with Gasteiger partial charge in [0.15, 0.2) is 6.61 Å². The van der Waals surface area contributed by atoms with Crippen LogP contribution in [0.5, 0.6) is 5.75 Å². The lowest BCUT2D eigenvalue weighted by Crippen LogP contribution is -2.53. The second-order valence-electron chi connectivity index (χ2n) is 6.64. The number of nitrogens with zero attached hydrogens (tertiary/aromatic N) is 2. The van der Waals surface area contributed by atoms with Crippen LogP contribution in [0.3, 0.4) is 0 Å². The third-order valence-corrected chi connectivity index (χ3v) is 5.00. The van der Waals surface area contributed by atoms with Crippen molar-refractivity contribution in [2.24, 2.45) is 5.92 Å². The molecule has 0 bridgehead atoms. The van der Waals surface area contributed by atoms with Gasteiger partial charge in [0.25, 0.3) is 5.91 Å². The van der Waals surface area contributed by atoms with Crippen molar-refractivity contribution in [2.45, 2.75) is 32.1 Å². The number of hydrogen-bond acceptors (Lipinski definition) is 3. The molecule has 5 nitrogen and oxygen atoms in total. The minimum atomic E-state index is -0.0105. The van der Waals surface area contributed by atoms with E-state index < -0.39 is 0 Å². The maximum Gasteiger partial charge on any atom is 0.260 e. The van der Waals surface area contributed by atoms with Crippen molar-refractivity contribution < 1.29 is 14.3 Å². The summed E-state index contributed by atoms with van der Waals surface area (Å²) in [6, 6.07) is 9.37. The van der Waals surface area contributed by atoms with Crippen LogP contribution in [0.2, 0.25) is 0 Å². The topological polar surface area (TPSA) is 49.9 Å². The van der Waals surface area contributed by atoms with Gasteiger partial charge in [-0.1, -0.05) is 37.5 Å². The monoisotopic (exact) mass is 330 g/mol. The van der Waals surface area contributed by atoms with Crippen molar-refractivity contribution in [3.63, 3.8) is 0 Å². The summed E-state index contributed by atoms with van der Waals surface area (Å²) in [5.74, 6) is 1.20. The molecule has 1 heterocycles. The van der Waals surface area contributed by atoms with Crippen LogP contribution in [0.15, 0.2) is 30.3 Å². The van der Waals surface area contributed by atoms with Gasteiger partial charge in [0, 0.05) is 32.1 Å². The summed E-state index contributed by atoms with van der Waals surface area (Å²) in [5, 5.41) is 0. The van der Waals surface area contributed by atoms with Crippen LogP contribution in [0.4, 0.5) is 0 Å². The van der Waals surface area contributed by atoms with Gasteiger partial charge in [0.05, 0.1) is 0 Å². The molecule has 0 N–H and O–H groups in total. The highest BCUT2D eigenvalue weighted by Crippen LogP contribution is 2.25. The molecule has 0 atom stereocenters. The van der Waals surface area contributed by atoms with Crippen LogP contribution < -0.4 is 4.74 Å². The zero-order valence-corrected chi connectivity index (χ0v) is 14.2. The van der Waals surface area contributed by atoms with Crippen molar-refractivity contribution in [1.82, 2.24) is 9.80 Å². The molecular weight excluding hydrogens is 304 g/mol. The molecule has 2 amide bonds. The normalized spacial score (nSPS) is 19.2. The first-order valence-electron chi connectivity index (χ1n) is 8.98. The number of amides is 2. The SMILES string of the molecule is O=C(COc1ccccc1)N1CCN(C(=O)C2CCCCC2)CC1. The molecule has 24 heavy (non-hydrogen) atoms. The molecule has 5 heteroatoms. The van der Waals surface area contributed by atoms with Gasteiger partial charge >= 0.3 is 0 Å². The average molecular weight is 330 g/mol. The fourth-order valence-corrected chi connectivity index (χ4v) is 3.54. The van der Waals surface area contributed by atoms with E-state index in [1.54, 1.807) is 4.90 Å². The molecular formula is C19H26N2O3. The Morgan fingerprint density at radius 3 is 2.21 bits per heavy atom. The number of carbonyl (C=O) groups excluding carboxylic acids is 2. The third-order valence-electron chi connectivity index (χ3n) is 5.00. The Morgan fingerprint density at radius 1 is 0.917 bits per heavy atom. The van der Waals surface area contributed by atoms with Crippen molar-refractivity contribution in [2.75, 3.05) is 32.8 Å². The van der Waals surface area contributed by atoms with Gasteiger partial charge < -0.3 is 14.5 Å². The zero-order chi connectivity index (χ0) is 16.8. The zero-order valence-electron chi connectivity index (χ0n) is 14.2. The fourth-order valence-electron chi connectivity index (χ4n) is 3.54. The van der Waals surface area contributed by atoms with Crippen molar-refractivity contribution >= 4 is 11.8 Å². The lowest BCUT2D eigenvalue weighted by molar-refractivity contribution is -0.143. The van der Waals surface area contributed by atoms with E-state index in [-0.39, 0.29) is 18.4 Å². The summed E-state index contributed by atoms with van der Waals surface area (Å²) in [6.07, 6.45) is 5.66. The van der Waals surface area contributed by atoms with Crippen LogP contribution >= 0.6 is 0 Å². The van der Waals surface area contributed by atoms with Crippen LogP contribution in [0.25, 0.3) is 0 Å². The minimum absolute atomic E-state index is 0.0105. The smallest absolute Gasteiger partial charge is 0.260 e. The highest BCUT2D eigenvalue weighted by atomic mass is 16.5. The molecule has 3 rings (SSSR count). The van der Waals surface area contributed by atoms with Gasteiger partial charge in [-0.25, -0.2) is 0 Å². The lowest BCUT2D eigenvalue weighted by atomic mass is 9.88. The summed E-state index contributed by atoms with van der Waals surface area (Å²) < 4.78 is 5.52. The number of benzene rings is 1. The van der Waals surface area contributed by atoms with Crippen molar-refractivity contribution in [1.29, 1.82) is 0 Å². The molecule has 0 spiro atoms. The van der Waals surface area contributed by atoms with Gasteiger partial charge in [-0.05, 0) is 25.0 Å². The molecule has 130 valence electrons. The lowest BCUT2D eigenvalue weighted by Gasteiger charge is -2.37. The third kappa shape index (κ3) is 4.28. The Balaban J connectivity index is 1.42. The number of carbonyl (C=O) groups is 2. The number of ether oxygens (including phenoxy) is 1. The molecule has 2 fully saturated rings. The number of rotatable bonds is 4. The highest BCUT2D eigenvalue weighted by Gasteiger charge is 2.29. The Bertz CT molecular complexity index is 547. The van der Waals surface area contributed by atoms with Crippen LogP contribution in [0.1, 0.15) is 32.1 Å². The number of hydrogen-bond donors (Lipinski definition) is 0. The quantitative estimate of drug-likeness (QED) is 0.851. The van der Waals surface area contributed by atoms with E-state index in [1.807, 2.05) is 35.2 Å².